The molecule has 1 amide bonds. The molecule has 7 nitrogen and oxygen atoms in total. The fraction of sp³-hybridized carbons (Fsp3) is 0.400. The lowest BCUT2D eigenvalue weighted by Crippen LogP contribution is -2.50. The van der Waals surface area contributed by atoms with Gasteiger partial charge in [-0.2, -0.15) is 13.2 Å². The second-order valence-electron chi connectivity index (χ2n) is 8.31. The Kier molecular flexibility index (Phi) is 7.23. The average Bonchev–Trinajstić information content (AvgIpc) is 3.34. The molecule has 0 radical (unpaired) electrons. The lowest BCUT2D eigenvalue weighted by Gasteiger charge is -2.36. The number of hydrazine groups is 1. The fourth-order valence-electron chi connectivity index (χ4n) is 4.46. The van der Waals surface area contributed by atoms with Crippen LogP contribution < -0.4 is 24.6 Å². The third-order valence-corrected chi connectivity index (χ3v) is 6.12. The van der Waals surface area contributed by atoms with Crippen molar-refractivity contribution in [1.29, 1.82) is 0 Å². The molecule has 0 aromatic heterocycles. The lowest BCUT2D eigenvalue weighted by molar-refractivity contribution is -0.137. The molecule has 4 rings (SSSR count). The van der Waals surface area contributed by atoms with Crippen molar-refractivity contribution in [2.45, 2.75) is 37.9 Å². The van der Waals surface area contributed by atoms with Gasteiger partial charge in [-0.1, -0.05) is 0 Å². The van der Waals surface area contributed by atoms with Gasteiger partial charge in [0.25, 0.3) is 5.91 Å². The lowest BCUT2D eigenvalue weighted by atomic mass is 9.93. The predicted molar refractivity (Wildman–Crippen MR) is 122 cm³/mol. The number of alkyl halides is 3. The van der Waals surface area contributed by atoms with Crippen molar-refractivity contribution in [3.8, 4) is 17.2 Å². The van der Waals surface area contributed by atoms with Crippen LogP contribution in [-0.2, 0) is 11.0 Å². The Labute approximate surface area is 201 Å². The minimum Gasteiger partial charge on any atom is -0.497 e. The van der Waals surface area contributed by atoms with Crippen LogP contribution in [0.2, 0.25) is 0 Å². The smallest absolute Gasteiger partial charge is 0.418 e. The molecular formula is C25H27F3N2O5. The number of carbonyl (C=O) groups excluding carboxylic acids is 1. The maximum atomic E-state index is 14.0. The quantitative estimate of drug-likeness (QED) is 0.526. The molecule has 0 saturated carbocycles. The highest BCUT2D eigenvalue weighted by atomic mass is 19.4. The summed E-state index contributed by atoms with van der Waals surface area (Å²) in [7, 11) is 3.03. The van der Waals surface area contributed by atoms with Gasteiger partial charge in [-0.05, 0) is 54.7 Å². The molecule has 0 bridgehead atoms. The van der Waals surface area contributed by atoms with Gasteiger partial charge in [-0.3, -0.25) is 4.79 Å². The van der Waals surface area contributed by atoms with E-state index in [1.54, 1.807) is 18.2 Å². The van der Waals surface area contributed by atoms with E-state index in [9.17, 15) is 18.0 Å². The summed E-state index contributed by atoms with van der Waals surface area (Å²) in [5, 5.41) is 9.95. The average molecular weight is 492 g/mol. The van der Waals surface area contributed by atoms with E-state index in [1.165, 1.54) is 26.4 Å². The van der Waals surface area contributed by atoms with Crippen molar-refractivity contribution >= 4 is 11.6 Å². The monoisotopic (exact) mass is 492 g/mol. The fourth-order valence-corrected chi connectivity index (χ4v) is 4.46. The minimum atomic E-state index is -4.69. The van der Waals surface area contributed by atoms with Crippen LogP contribution in [-0.4, -0.2) is 38.4 Å². The first kappa shape index (κ1) is 24.9. The number of nitrogens with one attached hydrogen (secondary N) is 1. The van der Waals surface area contributed by atoms with Crippen LogP contribution in [0.25, 0.3) is 0 Å². The van der Waals surface area contributed by atoms with Crippen LogP contribution in [0.15, 0.2) is 47.5 Å². The van der Waals surface area contributed by atoms with Gasteiger partial charge < -0.3 is 19.3 Å². The third-order valence-electron chi connectivity index (χ3n) is 6.12. The van der Waals surface area contributed by atoms with Gasteiger partial charge in [0.2, 0.25) is 0 Å². The summed E-state index contributed by atoms with van der Waals surface area (Å²) in [5.74, 6) is 0.712. The SMILES string of the molecule is COc1cc(OC)cc(C2NN(c3cc(OCCCO)ccc3C(F)(F)F)C(=O)C3=C2CCC3)c1. The van der Waals surface area contributed by atoms with E-state index >= 15 is 0 Å². The van der Waals surface area contributed by atoms with Crippen LogP contribution in [0.3, 0.4) is 0 Å². The molecule has 1 heterocycles. The molecule has 0 spiro atoms. The van der Waals surface area contributed by atoms with Crippen molar-refractivity contribution in [3.63, 3.8) is 0 Å². The molecule has 188 valence electrons. The molecule has 2 N–H and O–H groups in total. The maximum absolute atomic E-state index is 14.0. The molecule has 35 heavy (non-hydrogen) atoms. The zero-order chi connectivity index (χ0) is 25.2. The summed E-state index contributed by atoms with van der Waals surface area (Å²) in [4.78, 5) is 13.4. The standard InChI is InChI=1S/C25H27F3N2O5/c1-33-17-11-15(12-18(13-17)34-2)23-19-5-3-6-20(19)24(32)30(29-23)22-14-16(35-10-4-9-31)7-8-21(22)25(26,27)28/h7-8,11-14,23,29,31H,3-6,9-10H2,1-2H3. The summed E-state index contributed by atoms with van der Waals surface area (Å²) in [5.41, 5.74) is 3.80. The molecule has 1 aliphatic heterocycles. The topological polar surface area (TPSA) is 80.3 Å². The van der Waals surface area contributed by atoms with Gasteiger partial charge in [0.1, 0.15) is 17.2 Å². The molecule has 10 heteroatoms. The Hall–Kier alpha value is -3.24. The zero-order valence-corrected chi connectivity index (χ0v) is 19.4. The number of halogens is 3. The van der Waals surface area contributed by atoms with E-state index in [2.05, 4.69) is 5.43 Å². The first-order valence-electron chi connectivity index (χ1n) is 11.3. The number of amides is 1. The molecule has 2 aromatic carbocycles. The number of hydrogen-bond donors (Lipinski definition) is 2. The number of aliphatic hydroxyl groups is 1. The second kappa shape index (κ2) is 10.2. The number of carbonyl (C=O) groups is 1. The first-order valence-corrected chi connectivity index (χ1v) is 11.3. The molecule has 0 fully saturated rings. The highest BCUT2D eigenvalue weighted by Gasteiger charge is 2.42. The van der Waals surface area contributed by atoms with E-state index in [4.69, 9.17) is 19.3 Å². The second-order valence-corrected chi connectivity index (χ2v) is 8.31. The first-order chi connectivity index (χ1) is 16.8. The zero-order valence-electron chi connectivity index (χ0n) is 19.4. The van der Waals surface area contributed by atoms with Gasteiger partial charge in [0.15, 0.2) is 0 Å². The van der Waals surface area contributed by atoms with Crippen LogP contribution in [0.5, 0.6) is 17.2 Å². The Balaban J connectivity index is 1.80. The van der Waals surface area contributed by atoms with Gasteiger partial charge in [-0.15, -0.1) is 0 Å². The summed E-state index contributed by atoms with van der Waals surface area (Å²) >= 11 is 0. The summed E-state index contributed by atoms with van der Waals surface area (Å²) in [6.45, 7) is 0.0203. The van der Waals surface area contributed by atoms with Crippen LogP contribution in [0.4, 0.5) is 18.9 Å². The molecule has 2 aromatic rings. The van der Waals surface area contributed by atoms with Gasteiger partial charge in [0, 0.05) is 30.7 Å². The number of rotatable bonds is 8. The van der Waals surface area contributed by atoms with Crippen molar-refractivity contribution in [3.05, 3.63) is 58.7 Å². The largest absolute Gasteiger partial charge is 0.497 e. The number of ether oxygens (including phenoxy) is 3. The van der Waals surface area contributed by atoms with E-state index in [-0.39, 0.29) is 24.7 Å². The van der Waals surface area contributed by atoms with Gasteiger partial charge >= 0.3 is 6.18 Å². The van der Waals surface area contributed by atoms with Crippen molar-refractivity contribution < 1.29 is 37.3 Å². The molecule has 1 aliphatic carbocycles. The minimum absolute atomic E-state index is 0.109. The Morgan fingerprint density at radius 3 is 2.40 bits per heavy atom. The number of anilines is 1. The molecular weight excluding hydrogens is 465 g/mol. The Morgan fingerprint density at radius 1 is 1.06 bits per heavy atom. The van der Waals surface area contributed by atoms with Crippen molar-refractivity contribution in [2.24, 2.45) is 0 Å². The van der Waals surface area contributed by atoms with Crippen molar-refractivity contribution in [1.82, 2.24) is 5.43 Å². The normalized spacial score (nSPS) is 18.1. The Bertz CT molecular complexity index is 1110. The van der Waals surface area contributed by atoms with E-state index in [1.807, 2.05) is 0 Å². The van der Waals surface area contributed by atoms with Crippen LogP contribution in [0, 0.1) is 0 Å². The van der Waals surface area contributed by atoms with Crippen molar-refractivity contribution in [2.75, 3.05) is 32.4 Å². The molecule has 1 unspecified atom stereocenters. The maximum Gasteiger partial charge on any atom is 0.418 e. The number of benzene rings is 2. The summed E-state index contributed by atoms with van der Waals surface area (Å²) in [6, 6.07) is 8.02. The van der Waals surface area contributed by atoms with E-state index < -0.39 is 23.7 Å². The number of nitrogens with zero attached hydrogens (tertiary/aromatic N) is 1. The van der Waals surface area contributed by atoms with Gasteiger partial charge in [0.05, 0.1) is 38.1 Å². The summed E-state index contributed by atoms with van der Waals surface area (Å²) in [6.07, 6.45) is -2.49. The molecule has 0 saturated heterocycles. The van der Waals surface area contributed by atoms with Gasteiger partial charge in [-0.25, -0.2) is 10.4 Å². The van der Waals surface area contributed by atoms with E-state index in [0.29, 0.717) is 41.9 Å². The Morgan fingerprint density at radius 2 is 1.77 bits per heavy atom. The molecule has 1 atom stereocenters. The number of hydrogen-bond acceptors (Lipinski definition) is 6. The van der Waals surface area contributed by atoms with Crippen LogP contribution >= 0.6 is 0 Å². The number of methoxy groups -OCH3 is 2. The van der Waals surface area contributed by atoms with Crippen LogP contribution in [0.1, 0.15) is 42.9 Å². The third kappa shape index (κ3) is 5.08. The highest BCUT2D eigenvalue weighted by Crippen LogP contribution is 2.45. The number of aliphatic hydroxyl groups excluding tert-OH is 1. The summed E-state index contributed by atoms with van der Waals surface area (Å²) < 4.78 is 58.2. The molecule has 2 aliphatic rings. The highest BCUT2D eigenvalue weighted by molar-refractivity contribution is 6.07. The van der Waals surface area contributed by atoms with E-state index in [0.717, 1.165) is 23.1 Å². The predicted octanol–water partition coefficient (Wildman–Crippen LogP) is 4.56.